The fourth-order valence-corrected chi connectivity index (χ4v) is 4.25. The van der Waals surface area contributed by atoms with Gasteiger partial charge in [-0.2, -0.15) is 0 Å². The number of hydrogen-bond donors (Lipinski definition) is 0. The number of sulfone groups is 2. The Labute approximate surface area is 97.3 Å². The van der Waals surface area contributed by atoms with Crippen molar-refractivity contribution in [2.24, 2.45) is 0 Å². The first-order chi connectivity index (χ1) is 7.19. The molecule has 16 heavy (non-hydrogen) atoms. The van der Waals surface area contributed by atoms with E-state index >= 15 is 0 Å². The van der Waals surface area contributed by atoms with Gasteiger partial charge in [0.15, 0.2) is 19.7 Å². The third-order valence-electron chi connectivity index (χ3n) is 2.36. The molecular formula is C10H14O4S2. The summed E-state index contributed by atoms with van der Waals surface area (Å²) in [6.07, 6.45) is 9.82. The predicted octanol–water partition coefficient (Wildman–Crippen LogP) is -0.141. The Hall–Kier alpha value is -0.980. The van der Waals surface area contributed by atoms with Gasteiger partial charge in [-0.15, -0.1) is 12.8 Å². The first-order valence-corrected chi connectivity index (χ1v) is 7.92. The van der Waals surface area contributed by atoms with Crippen LogP contribution in [0.25, 0.3) is 0 Å². The van der Waals surface area contributed by atoms with Crippen LogP contribution in [0.1, 0.15) is 13.8 Å². The Balaban J connectivity index is 5.13. The molecule has 0 aromatic carbocycles. The van der Waals surface area contributed by atoms with Gasteiger partial charge in [-0.05, 0) is 13.8 Å². The molecule has 2 atom stereocenters. The van der Waals surface area contributed by atoms with E-state index < -0.39 is 41.7 Å². The molecule has 0 aliphatic rings. The van der Waals surface area contributed by atoms with Crippen LogP contribution in [0, 0.1) is 24.7 Å². The molecule has 0 N–H and O–H groups in total. The van der Waals surface area contributed by atoms with Crippen molar-refractivity contribution in [1.29, 1.82) is 0 Å². The number of rotatable bonds is 5. The van der Waals surface area contributed by atoms with Gasteiger partial charge < -0.3 is 0 Å². The minimum absolute atomic E-state index is 0.468. The second-order valence-corrected chi connectivity index (χ2v) is 8.15. The van der Waals surface area contributed by atoms with E-state index in [1.54, 1.807) is 0 Å². The molecule has 0 aliphatic heterocycles. The Morgan fingerprint density at radius 2 is 1.12 bits per heavy atom. The molecule has 0 radical (unpaired) electrons. The largest absolute Gasteiger partial charge is 0.228 e. The number of hydrogen-bond acceptors (Lipinski definition) is 4. The summed E-state index contributed by atoms with van der Waals surface area (Å²) in [4.78, 5) is 0. The summed E-state index contributed by atoms with van der Waals surface area (Å²) in [7, 11) is -7.19. The normalized spacial score (nSPS) is 15.8. The fraction of sp³-hybridized carbons (Fsp3) is 0.600. The van der Waals surface area contributed by atoms with Crippen molar-refractivity contribution in [2.75, 3.05) is 11.5 Å². The van der Waals surface area contributed by atoms with E-state index in [-0.39, 0.29) is 0 Å². The minimum atomic E-state index is -3.59. The lowest BCUT2D eigenvalue weighted by Crippen LogP contribution is -2.37. The Morgan fingerprint density at radius 3 is 1.31 bits per heavy atom. The van der Waals surface area contributed by atoms with Crippen molar-refractivity contribution in [2.45, 2.75) is 24.3 Å². The standard InChI is InChI=1S/C10H14O4S2/c1-5-7-15(11,12)9(3)10(4)16(13,14)8-6-2/h1-2,9-10H,7-8H2,3-4H3. The van der Waals surface area contributed by atoms with Crippen LogP contribution in [-0.2, 0) is 19.7 Å². The molecule has 90 valence electrons. The van der Waals surface area contributed by atoms with Gasteiger partial charge in [0.05, 0.1) is 10.5 Å². The fourth-order valence-electron chi connectivity index (χ4n) is 1.08. The maximum atomic E-state index is 11.6. The highest BCUT2D eigenvalue weighted by Crippen LogP contribution is 2.14. The lowest BCUT2D eigenvalue weighted by molar-refractivity contribution is 0.566. The maximum Gasteiger partial charge on any atom is 0.165 e. The smallest absolute Gasteiger partial charge is 0.165 e. The molecule has 0 aromatic heterocycles. The van der Waals surface area contributed by atoms with Crippen LogP contribution in [0.2, 0.25) is 0 Å². The Kier molecular flexibility index (Phi) is 5.05. The van der Waals surface area contributed by atoms with E-state index in [1.807, 2.05) is 11.8 Å². The monoisotopic (exact) mass is 262 g/mol. The van der Waals surface area contributed by atoms with Crippen LogP contribution in [-0.4, -0.2) is 38.8 Å². The summed E-state index contributed by atoms with van der Waals surface area (Å²) in [5.41, 5.74) is 0. The molecule has 0 amide bonds. The van der Waals surface area contributed by atoms with Crippen molar-refractivity contribution in [1.82, 2.24) is 0 Å². The highest BCUT2D eigenvalue weighted by molar-refractivity contribution is 7.96. The second kappa shape index (κ2) is 5.38. The average Bonchev–Trinajstić information content (AvgIpc) is 2.15. The quantitative estimate of drug-likeness (QED) is 0.647. The Bertz CT molecular complexity index is 464. The summed E-state index contributed by atoms with van der Waals surface area (Å²) in [5, 5.41) is -2.11. The molecule has 0 spiro atoms. The highest BCUT2D eigenvalue weighted by atomic mass is 32.2. The van der Waals surface area contributed by atoms with Crippen LogP contribution in [0.15, 0.2) is 0 Å². The molecule has 2 unspecified atom stereocenters. The zero-order chi connectivity index (χ0) is 13.0. The van der Waals surface area contributed by atoms with Crippen molar-refractivity contribution in [3.63, 3.8) is 0 Å². The van der Waals surface area contributed by atoms with Gasteiger partial charge in [0.2, 0.25) is 0 Å². The van der Waals surface area contributed by atoms with E-state index in [0.29, 0.717) is 0 Å². The molecule has 0 bridgehead atoms. The van der Waals surface area contributed by atoms with E-state index in [1.165, 1.54) is 13.8 Å². The molecule has 0 aliphatic carbocycles. The Morgan fingerprint density at radius 1 is 0.875 bits per heavy atom. The van der Waals surface area contributed by atoms with Crippen molar-refractivity contribution < 1.29 is 16.8 Å². The molecule has 0 fully saturated rings. The van der Waals surface area contributed by atoms with E-state index in [2.05, 4.69) is 0 Å². The molecule has 4 nitrogen and oxygen atoms in total. The topological polar surface area (TPSA) is 68.3 Å². The van der Waals surface area contributed by atoms with Crippen LogP contribution < -0.4 is 0 Å². The van der Waals surface area contributed by atoms with Gasteiger partial charge in [-0.25, -0.2) is 16.8 Å². The summed E-state index contributed by atoms with van der Waals surface area (Å²) in [6, 6.07) is 0. The van der Waals surface area contributed by atoms with E-state index in [4.69, 9.17) is 12.8 Å². The third kappa shape index (κ3) is 3.55. The van der Waals surface area contributed by atoms with Crippen LogP contribution in [0.5, 0.6) is 0 Å². The molecule has 0 saturated carbocycles. The molecule has 0 aromatic rings. The lowest BCUT2D eigenvalue weighted by Gasteiger charge is -2.18. The SMILES string of the molecule is C#CCS(=O)(=O)C(C)C(C)S(=O)(=O)CC#C. The zero-order valence-corrected chi connectivity index (χ0v) is 10.8. The van der Waals surface area contributed by atoms with Gasteiger partial charge >= 0.3 is 0 Å². The van der Waals surface area contributed by atoms with E-state index in [9.17, 15) is 16.8 Å². The maximum absolute atomic E-state index is 11.6. The lowest BCUT2D eigenvalue weighted by atomic mass is 10.4. The van der Waals surface area contributed by atoms with Gasteiger partial charge in [0.25, 0.3) is 0 Å². The third-order valence-corrected chi connectivity index (χ3v) is 6.76. The summed E-state index contributed by atoms with van der Waals surface area (Å²) in [5.74, 6) is 3.07. The summed E-state index contributed by atoms with van der Waals surface area (Å²) < 4.78 is 46.3. The first kappa shape index (κ1) is 15.0. The van der Waals surface area contributed by atoms with Crippen molar-refractivity contribution in [3.05, 3.63) is 0 Å². The van der Waals surface area contributed by atoms with Crippen LogP contribution >= 0.6 is 0 Å². The first-order valence-electron chi connectivity index (χ1n) is 4.49. The zero-order valence-electron chi connectivity index (χ0n) is 9.17. The summed E-state index contributed by atoms with van der Waals surface area (Å²) in [6.45, 7) is 2.65. The van der Waals surface area contributed by atoms with Gasteiger partial charge in [0, 0.05) is 0 Å². The van der Waals surface area contributed by atoms with Gasteiger partial charge in [-0.3, -0.25) is 0 Å². The van der Waals surface area contributed by atoms with Gasteiger partial charge in [-0.1, -0.05) is 11.8 Å². The molecule has 0 rings (SSSR count). The molecule has 0 heterocycles. The molecule has 6 heteroatoms. The van der Waals surface area contributed by atoms with Gasteiger partial charge in [0.1, 0.15) is 11.5 Å². The highest BCUT2D eigenvalue weighted by Gasteiger charge is 2.33. The molecular weight excluding hydrogens is 248 g/mol. The van der Waals surface area contributed by atoms with Crippen LogP contribution in [0.3, 0.4) is 0 Å². The molecule has 0 saturated heterocycles. The van der Waals surface area contributed by atoms with Crippen molar-refractivity contribution in [3.8, 4) is 24.7 Å². The summed E-state index contributed by atoms with van der Waals surface area (Å²) >= 11 is 0. The van der Waals surface area contributed by atoms with Crippen LogP contribution in [0.4, 0.5) is 0 Å². The van der Waals surface area contributed by atoms with Crippen molar-refractivity contribution >= 4 is 19.7 Å². The minimum Gasteiger partial charge on any atom is -0.228 e. The average molecular weight is 262 g/mol. The predicted molar refractivity (Wildman–Crippen MR) is 64.2 cm³/mol. The number of terminal acetylenes is 2. The second-order valence-electron chi connectivity index (χ2n) is 3.43. The van der Waals surface area contributed by atoms with E-state index in [0.717, 1.165) is 0 Å².